The van der Waals surface area contributed by atoms with E-state index < -0.39 is 0 Å². The Morgan fingerprint density at radius 1 is 1.45 bits per heavy atom. The highest BCUT2D eigenvalue weighted by Gasteiger charge is 2.15. The Morgan fingerprint density at radius 3 is 3.10 bits per heavy atom. The van der Waals surface area contributed by atoms with Gasteiger partial charge in [-0.3, -0.25) is 4.79 Å². The van der Waals surface area contributed by atoms with E-state index in [0.29, 0.717) is 23.6 Å². The molecule has 1 aromatic heterocycles. The van der Waals surface area contributed by atoms with Gasteiger partial charge in [-0.15, -0.1) is 0 Å². The van der Waals surface area contributed by atoms with Crippen molar-refractivity contribution in [2.75, 3.05) is 12.1 Å². The molecule has 1 N–H and O–H groups in total. The van der Waals surface area contributed by atoms with Crippen LogP contribution in [0.4, 0.5) is 5.69 Å². The summed E-state index contributed by atoms with van der Waals surface area (Å²) in [5, 5.41) is 2.86. The maximum Gasteiger partial charge on any atom is 0.231 e. The molecule has 20 heavy (non-hydrogen) atoms. The predicted molar refractivity (Wildman–Crippen MR) is 72.7 cm³/mol. The largest absolute Gasteiger partial charge is 0.454 e. The number of nitrogens with one attached hydrogen (secondary N) is 1. The molecule has 3 rings (SSSR count). The average Bonchev–Trinajstić information content (AvgIpc) is 3.09. The van der Waals surface area contributed by atoms with Gasteiger partial charge < -0.3 is 19.4 Å². The third-order valence-corrected chi connectivity index (χ3v) is 3.17. The van der Waals surface area contributed by atoms with Gasteiger partial charge in [-0.25, -0.2) is 4.98 Å². The highest BCUT2D eigenvalue weighted by Crippen LogP contribution is 2.34. The van der Waals surface area contributed by atoms with E-state index in [-0.39, 0.29) is 18.7 Å². The van der Waals surface area contributed by atoms with Crippen molar-refractivity contribution in [3.05, 3.63) is 36.9 Å². The van der Waals surface area contributed by atoms with Crippen molar-refractivity contribution in [1.29, 1.82) is 0 Å². The molecule has 2 aromatic rings. The number of anilines is 1. The van der Waals surface area contributed by atoms with Gasteiger partial charge in [0.2, 0.25) is 12.7 Å². The molecule has 0 saturated carbocycles. The molecule has 0 aliphatic carbocycles. The Morgan fingerprint density at radius 2 is 2.30 bits per heavy atom. The van der Waals surface area contributed by atoms with Crippen LogP contribution in [-0.2, 0) is 4.79 Å². The van der Waals surface area contributed by atoms with Gasteiger partial charge in [0.25, 0.3) is 0 Å². The van der Waals surface area contributed by atoms with Crippen molar-refractivity contribution >= 4 is 11.6 Å². The second kappa shape index (κ2) is 5.24. The van der Waals surface area contributed by atoms with E-state index in [1.807, 2.05) is 17.7 Å². The molecule has 1 amide bonds. The van der Waals surface area contributed by atoms with Gasteiger partial charge in [-0.2, -0.15) is 0 Å². The SMILES string of the molecule is CC(CC(=O)Nc1ccc2c(c1)OCO2)n1ccnc1. The zero-order valence-electron chi connectivity index (χ0n) is 11.1. The van der Waals surface area contributed by atoms with Crippen LogP contribution in [-0.4, -0.2) is 22.3 Å². The number of hydrogen-bond donors (Lipinski definition) is 1. The Kier molecular flexibility index (Phi) is 3.28. The lowest BCUT2D eigenvalue weighted by Crippen LogP contribution is -2.16. The van der Waals surface area contributed by atoms with Gasteiger partial charge >= 0.3 is 0 Å². The summed E-state index contributed by atoms with van der Waals surface area (Å²) < 4.78 is 12.4. The van der Waals surface area contributed by atoms with Gasteiger partial charge in [0.05, 0.1) is 6.33 Å². The van der Waals surface area contributed by atoms with Gasteiger partial charge in [0, 0.05) is 36.6 Å². The molecule has 0 fully saturated rings. The molecule has 0 saturated heterocycles. The van der Waals surface area contributed by atoms with Gasteiger partial charge in [0.1, 0.15) is 0 Å². The minimum absolute atomic E-state index is 0.0509. The molecule has 2 heterocycles. The summed E-state index contributed by atoms with van der Waals surface area (Å²) in [6.45, 7) is 2.20. The lowest BCUT2D eigenvalue weighted by atomic mass is 10.2. The fraction of sp³-hybridized carbons (Fsp3) is 0.286. The summed E-state index contributed by atoms with van der Waals surface area (Å²) in [5.41, 5.74) is 0.706. The van der Waals surface area contributed by atoms with Crippen LogP contribution in [0.1, 0.15) is 19.4 Å². The molecule has 1 unspecified atom stereocenters. The second-order valence-electron chi connectivity index (χ2n) is 4.68. The molecule has 0 radical (unpaired) electrons. The molecule has 0 spiro atoms. The van der Waals surface area contributed by atoms with Crippen LogP contribution in [0.15, 0.2) is 36.9 Å². The Bertz CT molecular complexity index is 610. The van der Waals surface area contributed by atoms with E-state index in [1.54, 1.807) is 30.7 Å². The molecule has 1 atom stereocenters. The third kappa shape index (κ3) is 2.59. The first kappa shape index (κ1) is 12.5. The zero-order valence-corrected chi connectivity index (χ0v) is 11.1. The van der Waals surface area contributed by atoms with Gasteiger partial charge in [0.15, 0.2) is 11.5 Å². The number of nitrogens with zero attached hydrogens (tertiary/aromatic N) is 2. The fourth-order valence-electron chi connectivity index (χ4n) is 2.09. The Balaban J connectivity index is 1.61. The molecule has 1 aromatic carbocycles. The van der Waals surface area contributed by atoms with Gasteiger partial charge in [-0.1, -0.05) is 0 Å². The fourth-order valence-corrected chi connectivity index (χ4v) is 2.09. The summed E-state index contributed by atoms with van der Waals surface area (Å²) in [7, 11) is 0. The smallest absolute Gasteiger partial charge is 0.231 e. The summed E-state index contributed by atoms with van der Waals surface area (Å²) in [6.07, 6.45) is 5.63. The minimum Gasteiger partial charge on any atom is -0.454 e. The van der Waals surface area contributed by atoms with E-state index >= 15 is 0 Å². The second-order valence-corrected chi connectivity index (χ2v) is 4.68. The number of carbonyl (C=O) groups is 1. The molecular weight excluding hydrogens is 258 g/mol. The number of amides is 1. The zero-order chi connectivity index (χ0) is 13.9. The third-order valence-electron chi connectivity index (χ3n) is 3.17. The van der Waals surface area contributed by atoms with Gasteiger partial charge in [-0.05, 0) is 19.1 Å². The number of imidazole rings is 1. The Labute approximate surface area is 116 Å². The van der Waals surface area contributed by atoms with Crippen molar-refractivity contribution in [1.82, 2.24) is 9.55 Å². The highest BCUT2D eigenvalue weighted by molar-refractivity contribution is 5.91. The minimum atomic E-state index is -0.0509. The normalized spacial score (nSPS) is 14.1. The van der Waals surface area contributed by atoms with Crippen LogP contribution in [0.25, 0.3) is 0 Å². The van der Waals surface area contributed by atoms with E-state index in [1.165, 1.54) is 0 Å². The number of fused-ring (bicyclic) bond motifs is 1. The number of ether oxygens (including phenoxy) is 2. The van der Waals surface area contributed by atoms with E-state index in [0.717, 1.165) is 0 Å². The number of hydrogen-bond acceptors (Lipinski definition) is 4. The number of benzene rings is 1. The first-order valence-corrected chi connectivity index (χ1v) is 6.39. The van der Waals surface area contributed by atoms with E-state index in [9.17, 15) is 4.79 Å². The molecular formula is C14H15N3O3. The highest BCUT2D eigenvalue weighted by atomic mass is 16.7. The number of aromatic nitrogens is 2. The monoisotopic (exact) mass is 273 g/mol. The van der Waals surface area contributed by atoms with Crippen LogP contribution < -0.4 is 14.8 Å². The first-order chi connectivity index (χ1) is 9.72. The lowest BCUT2D eigenvalue weighted by Gasteiger charge is -2.13. The predicted octanol–water partition coefficient (Wildman–Crippen LogP) is 2.20. The van der Waals surface area contributed by atoms with Crippen molar-refractivity contribution in [3.63, 3.8) is 0 Å². The summed E-state index contributed by atoms with van der Waals surface area (Å²) in [5.74, 6) is 1.31. The summed E-state index contributed by atoms with van der Waals surface area (Å²) >= 11 is 0. The van der Waals surface area contributed by atoms with Crippen LogP contribution >= 0.6 is 0 Å². The van der Waals surface area contributed by atoms with Crippen molar-refractivity contribution in [3.8, 4) is 11.5 Å². The van der Waals surface area contributed by atoms with E-state index in [4.69, 9.17) is 9.47 Å². The van der Waals surface area contributed by atoms with Crippen LogP contribution in [0, 0.1) is 0 Å². The molecule has 6 nitrogen and oxygen atoms in total. The van der Waals surface area contributed by atoms with E-state index in [2.05, 4.69) is 10.3 Å². The standard InChI is InChI=1S/C14H15N3O3/c1-10(17-5-4-15-8-17)6-14(18)16-11-2-3-12-13(7-11)20-9-19-12/h2-5,7-8,10H,6,9H2,1H3,(H,16,18). The average molecular weight is 273 g/mol. The van der Waals surface area contributed by atoms with Crippen LogP contribution in [0.2, 0.25) is 0 Å². The topological polar surface area (TPSA) is 65.4 Å². The molecule has 0 bridgehead atoms. The first-order valence-electron chi connectivity index (χ1n) is 6.39. The van der Waals surface area contributed by atoms with Crippen LogP contribution in [0.3, 0.4) is 0 Å². The molecule has 1 aliphatic rings. The van der Waals surface area contributed by atoms with Crippen molar-refractivity contribution < 1.29 is 14.3 Å². The molecule has 104 valence electrons. The lowest BCUT2D eigenvalue weighted by molar-refractivity contribution is -0.116. The Hall–Kier alpha value is -2.50. The maximum absolute atomic E-state index is 12.0. The summed E-state index contributed by atoms with van der Waals surface area (Å²) in [4.78, 5) is 16.0. The number of carbonyl (C=O) groups excluding carboxylic acids is 1. The van der Waals surface area contributed by atoms with Crippen molar-refractivity contribution in [2.45, 2.75) is 19.4 Å². The number of rotatable bonds is 4. The maximum atomic E-state index is 12.0. The quantitative estimate of drug-likeness (QED) is 0.927. The van der Waals surface area contributed by atoms with Crippen molar-refractivity contribution in [2.24, 2.45) is 0 Å². The van der Waals surface area contributed by atoms with Crippen LogP contribution in [0.5, 0.6) is 11.5 Å². The molecule has 1 aliphatic heterocycles. The molecule has 6 heteroatoms. The summed E-state index contributed by atoms with van der Waals surface area (Å²) in [6, 6.07) is 5.42.